The molecule has 0 bridgehead atoms. The molecule has 3 aromatic rings. The molecular formula is C19H16Cl2N4O2. The van der Waals surface area contributed by atoms with E-state index in [1.54, 1.807) is 18.6 Å². The Kier molecular flexibility index (Phi) is 3.81. The van der Waals surface area contributed by atoms with Gasteiger partial charge in [0.05, 0.1) is 34.7 Å². The highest BCUT2D eigenvalue weighted by atomic mass is 35.5. The Labute approximate surface area is 165 Å². The fourth-order valence-corrected chi connectivity index (χ4v) is 4.44. The molecule has 0 unspecified atom stereocenters. The standard InChI is InChI=1S/C19H16Cl2N4O2/c1-27-19(26)15-7-10-6-13(10)25(15)16-8-14(24-5-4-22-9-24)11-2-3-12(20)17(21)18(11)23-16/h2-5,8-10,13,15H,6-7H2,1H3/t10-,13-,15+/m1/s1. The Morgan fingerprint density at radius 3 is 2.89 bits per heavy atom. The summed E-state index contributed by atoms with van der Waals surface area (Å²) in [4.78, 5) is 23.3. The van der Waals surface area contributed by atoms with Crippen molar-refractivity contribution in [3.63, 3.8) is 0 Å². The van der Waals surface area contributed by atoms with Gasteiger partial charge in [-0.2, -0.15) is 0 Å². The van der Waals surface area contributed by atoms with E-state index in [-0.39, 0.29) is 12.0 Å². The van der Waals surface area contributed by atoms with E-state index in [0.29, 0.717) is 33.3 Å². The highest BCUT2D eigenvalue weighted by molar-refractivity contribution is 6.45. The van der Waals surface area contributed by atoms with Crippen LogP contribution in [0.4, 0.5) is 5.82 Å². The van der Waals surface area contributed by atoms with Gasteiger partial charge in [0.1, 0.15) is 11.9 Å². The van der Waals surface area contributed by atoms with Gasteiger partial charge in [-0.15, -0.1) is 0 Å². The average Bonchev–Trinajstić information content (AvgIpc) is 3.10. The molecule has 0 radical (unpaired) electrons. The lowest BCUT2D eigenvalue weighted by Gasteiger charge is -2.27. The first-order chi connectivity index (χ1) is 13.1. The van der Waals surface area contributed by atoms with E-state index in [9.17, 15) is 4.79 Å². The van der Waals surface area contributed by atoms with Crippen LogP contribution in [0, 0.1) is 5.92 Å². The molecule has 1 aliphatic heterocycles. The molecule has 0 amide bonds. The van der Waals surface area contributed by atoms with Crippen molar-refractivity contribution in [2.24, 2.45) is 5.92 Å². The van der Waals surface area contributed by atoms with Crippen LogP contribution in [0.2, 0.25) is 10.0 Å². The quantitative estimate of drug-likeness (QED) is 0.622. The average molecular weight is 403 g/mol. The van der Waals surface area contributed by atoms with E-state index in [0.717, 1.165) is 23.9 Å². The van der Waals surface area contributed by atoms with E-state index >= 15 is 0 Å². The van der Waals surface area contributed by atoms with E-state index in [1.165, 1.54) is 7.11 Å². The molecular weight excluding hydrogens is 387 g/mol. The number of hydrogen-bond acceptors (Lipinski definition) is 5. The molecule has 0 spiro atoms. The van der Waals surface area contributed by atoms with E-state index in [2.05, 4.69) is 9.88 Å². The predicted octanol–water partition coefficient (Wildman–Crippen LogP) is 3.87. The summed E-state index contributed by atoms with van der Waals surface area (Å²) in [5.41, 5.74) is 1.50. The van der Waals surface area contributed by atoms with Gasteiger partial charge in [0.2, 0.25) is 0 Å². The van der Waals surface area contributed by atoms with Crippen molar-refractivity contribution >= 4 is 45.9 Å². The predicted molar refractivity (Wildman–Crippen MR) is 104 cm³/mol. The molecule has 2 aromatic heterocycles. The van der Waals surface area contributed by atoms with Crippen LogP contribution in [0.25, 0.3) is 16.6 Å². The Morgan fingerprint density at radius 1 is 1.30 bits per heavy atom. The highest BCUT2D eigenvalue weighted by Crippen LogP contribution is 2.50. The number of esters is 1. The fraction of sp³-hybridized carbons (Fsp3) is 0.316. The number of aromatic nitrogens is 3. The number of fused-ring (bicyclic) bond motifs is 2. The van der Waals surface area contributed by atoms with E-state index < -0.39 is 0 Å². The second-order valence-electron chi connectivity index (χ2n) is 6.97. The zero-order valence-corrected chi connectivity index (χ0v) is 16.0. The number of piperidine rings is 1. The van der Waals surface area contributed by atoms with Crippen molar-refractivity contribution in [2.45, 2.75) is 24.9 Å². The maximum atomic E-state index is 12.3. The SMILES string of the molecule is COC(=O)[C@@H]1C[C@H]2C[C@H]2N1c1cc(-n2ccnc2)c2ccc(Cl)c(Cl)c2n1. The molecule has 8 heteroatoms. The molecule has 0 N–H and O–H groups in total. The first-order valence-corrected chi connectivity index (χ1v) is 9.47. The third-order valence-electron chi connectivity index (χ3n) is 5.46. The number of hydrogen-bond donors (Lipinski definition) is 0. The number of anilines is 1. The molecule has 1 aliphatic carbocycles. The summed E-state index contributed by atoms with van der Waals surface area (Å²) in [5, 5.41) is 1.71. The van der Waals surface area contributed by atoms with Crippen LogP contribution in [-0.2, 0) is 9.53 Å². The minimum atomic E-state index is -0.322. The van der Waals surface area contributed by atoms with Crippen molar-refractivity contribution in [1.29, 1.82) is 0 Å². The van der Waals surface area contributed by atoms with Gasteiger partial charge in [-0.3, -0.25) is 0 Å². The lowest BCUT2D eigenvalue weighted by molar-refractivity contribution is -0.142. The van der Waals surface area contributed by atoms with Crippen molar-refractivity contribution in [3.05, 3.63) is 47.0 Å². The number of halogens is 2. The van der Waals surface area contributed by atoms with Gasteiger partial charge in [-0.25, -0.2) is 14.8 Å². The van der Waals surface area contributed by atoms with E-state index in [4.69, 9.17) is 32.9 Å². The maximum absolute atomic E-state index is 12.3. The number of nitrogens with zero attached hydrogens (tertiary/aromatic N) is 4. The molecule has 3 atom stereocenters. The summed E-state index contributed by atoms with van der Waals surface area (Å²) >= 11 is 12.7. The Morgan fingerprint density at radius 2 is 2.15 bits per heavy atom. The van der Waals surface area contributed by atoms with Crippen molar-refractivity contribution in [2.75, 3.05) is 12.0 Å². The van der Waals surface area contributed by atoms with Crippen LogP contribution in [-0.4, -0.2) is 39.7 Å². The number of rotatable bonds is 3. The molecule has 6 nitrogen and oxygen atoms in total. The number of carbonyl (C=O) groups excluding carboxylic acids is 1. The Bertz CT molecular complexity index is 1050. The monoisotopic (exact) mass is 402 g/mol. The molecule has 138 valence electrons. The first kappa shape index (κ1) is 16.8. The molecule has 1 aromatic carbocycles. The van der Waals surface area contributed by atoms with Crippen molar-refractivity contribution < 1.29 is 9.53 Å². The normalized spacial score (nSPS) is 23.5. The lowest BCUT2D eigenvalue weighted by atomic mass is 10.1. The van der Waals surface area contributed by atoms with Gasteiger partial charge < -0.3 is 14.2 Å². The smallest absolute Gasteiger partial charge is 0.328 e. The number of methoxy groups -OCH3 is 1. The number of ether oxygens (including phenoxy) is 1. The minimum absolute atomic E-state index is 0.231. The summed E-state index contributed by atoms with van der Waals surface area (Å²) in [5.74, 6) is 0.986. The topological polar surface area (TPSA) is 60.2 Å². The Balaban J connectivity index is 1.73. The van der Waals surface area contributed by atoms with Crippen LogP contribution in [0.3, 0.4) is 0 Å². The largest absolute Gasteiger partial charge is 0.467 e. The molecule has 5 rings (SSSR count). The molecule has 1 saturated carbocycles. The summed E-state index contributed by atoms with van der Waals surface area (Å²) in [6.45, 7) is 0. The van der Waals surface area contributed by atoms with Crippen LogP contribution >= 0.6 is 23.2 Å². The number of pyridine rings is 1. The van der Waals surface area contributed by atoms with Crippen LogP contribution in [0.15, 0.2) is 36.9 Å². The van der Waals surface area contributed by atoms with Gasteiger partial charge in [0, 0.05) is 29.9 Å². The molecule has 1 saturated heterocycles. The zero-order valence-electron chi connectivity index (χ0n) is 14.5. The lowest BCUT2D eigenvalue weighted by Crippen LogP contribution is -2.40. The minimum Gasteiger partial charge on any atom is -0.467 e. The van der Waals surface area contributed by atoms with Crippen LogP contribution in [0.5, 0.6) is 0 Å². The van der Waals surface area contributed by atoms with Crippen molar-refractivity contribution in [3.8, 4) is 5.69 Å². The first-order valence-electron chi connectivity index (χ1n) is 8.71. The number of benzene rings is 1. The van der Waals surface area contributed by atoms with Gasteiger partial charge in [0.25, 0.3) is 0 Å². The molecule has 3 heterocycles. The van der Waals surface area contributed by atoms with Gasteiger partial charge in [-0.05, 0) is 30.9 Å². The molecule has 2 aliphatic rings. The van der Waals surface area contributed by atoms with E-state index in [1.807, 2.05) is 22.9 Å². The summed E-state index contributed by atoms with van der Waals surface area (Å²) in [7, 11) is 1.42. The number of imidazole rings is 1. The number of carbonyl (C=O) groups is 1. The second kappa shape index (κ2) is 6.11. The summed E-state index contributed by atoms with van der Waals surface area (Å²) in [6, 6.07) is 5.63. The van der Waals surface area contributed by atoms with Gasteiger partial charge in [0.15, 0.2) is 0 Å². The fourth-order valence-electron chi connectivity index (χ4n) is 4.08. The third kappa shape index (κ3) is 2.58. The summed E-state index contributed by atoms with van der Waals surface area (Å²) < 4.78 is 6.92. The molecule has 27 heavy (non-hydrogen) atoms. The van der Waals surface area contributed by atoms with Gasteiger partial charge in [-0.1, -0.05) is 23.2 Å². The molecule has 2 fully saturated rings. The Hall–Kier alpha value is -2.31. The highest BCUT2D eigenvalue weighted by Gasteiger charge is 2.55. The third-order valence-corrected chi connectivity index (χ3v) is 6.26. The maximum Gasteiger partial charge on any atom is 0.328 e. The second-order valence-corrected chi connectivity index (χ2v) is 7.76. The van der Waals surface area contributed by atoms with Gasteiger partial charge >= 0.3 is 5.97 Å². The zero-order chi connectivity index (χ0) is 18.7. The van der Waals surface area contributed by atoms with Crippen LogP contribution < -0.4 is 4.90 Å². The van der Waals surface area contributed by atoms with Crippen LogP contribution in [0.1, 0.15) is 12.8 Å². The van der Waals surface area contributed by atoms with Crippen molar-refractivity contribution in [1.82, 2.24) is 14.5 Å². The summed E-state index contributed by atoms with van der Waals surface area (Å²) in [6.07, 6.45) is 7.16.